The molecule has 0 amide bonds. The molecule has 1 heterocycles. The van der Waals surface area contributed by atoms with Crippen LogP contribution in [0.1, 0.15) is 17.9 Å². The largest absolute Gasteiger partial charge is 0.364 e. The average molecular weight is 258 g/mol. The molecule has 0 radical (unpaired) electrons. The summed E-state index contributed by atoms with van der Waals surface area (Å²) < 4.78 is 5.21. The predicted molar refractivity (Wildman–Crippen MR) is 70.5 cm³/mol. The summed E-state index contributed by atoms with van der Waals surface area (Å²) in [5, 5.41) is 10.2. The molecule has 1 aliphatic heterocycles. The Bertz CT molecular complexity index is 347. The molecule has 96 valence electrons. The van der Waals surface area contributed by atoms with Gasteiger partial charge in [0.25, 0.3) is 0 Å². The lowest BCUT2D eigenvalue weighted by molar-refractivity contribution is -0.215. The van der Waals surface area contributed by atoms with Crippen molar-refractivity contribution in [3.63, 3.8) is 0 Å². The maximum Gasteiger partial charge on any atom is 0.178 e. The van der Waals surface area contributed by atoms with E-state index in [1.807, 2.05) is 25.2 Å². The summed E-state index contributed by atoms with van der Waals surface area (Å²) in [7, 11) is 3.58. The van der Waals surface area contributed by atoms with Crippen molar-refractivity contribution < 1.29 is 9.84 Å². The first-order valence-corrected chi connectivity index (χ1v) is 5.64. The van der Waals surface area contributed by atoms with Crippen LogP contribution >= 0.6 is 12.4 Å². The second kappa shape index (κ2) is 5.83. The fraction of sp³-hybridized carbons (Fsp3) is 0.538. The fourth-order valence-corrected chi connectivity index (χ4v) is 2.47. The molecular formula is C13H20ClNO2. The topological polar surface area (TPSA) is 32.7 Å². The molecule has 1 fully saturated rings. The third kappa shape index (κ3) is 3.42. The van der Waals surface area contributed by atoms with Crippen LogP contribution in [0.15, 0.2) is 30.3 Å². The average Bonchev–Trinajstić information content (AvgIpc) is 2.29. The lowest BCUT2D eigenvalue weighted by Crippen LogP contribution is -2.50. The molecular weight excluding hydrogens is 238 g/mol. The zero-order chi connectivity index (χ0) is 11.6. The SMILES string of the molecule is COC1(O)CC(c2ccccc2)CN(C)C1.Cl. The molecule has 1 aromatic carbocycles. The number of ether oxygens (including phenoxy) is 1. The number of aliphatic hydroxyl groups is 1. The highest BCUT2D eigenvalue weighted by Gasteiger charge is 2.37. The molecule has 3 nitrogen and oxygen atoms in total. The van der Waals surface area contributed by atoms with Crippen molar-refractivity contribution in [1.29, 1.82) is 0 Å². The van der Waals surface area contributed by atoms with Crippen molar-refractivity contribution in [2.75, 3.05) is 27.2 Å². The maximum atomic E-state index is 10.2. The van der Waals surface area contributed by atoms with Crippen LogP contribution in [-0.2, 0) is 4.74 Å². The van der Waals surface area contributed by atoms with E-state index < -0.39 is 5.79 Å². The maximum absolute atomic E-state index is 10.2. The van der Waals surface area contributed by atoms with E-state index in [4.69, 9.17) is 4.74 Å². The van der Waals surface area contributed by atoms with Crippen LogP contribution in [0.2, 0.25) is 0 Å². The predicted octanol–water partition coefficient (Wildman–Crippen LogP) is 1.86. The molecule has 0 aromatic heterocycles. The van der Waals surface area contributed by atoms with Gasteiger partial charge in [0.2, 0.25) is 0 Å². The summed E-state index contributed by atoms with van der Waals surface area (Å²) in [6, 6.07) is 10.3. The quantitative estimate of drug-likeness (QED) is 0.821. The standard InChI is InChI=1S/C13H19NO2.ClH/c1-14-9-12(8-13(15,10-14)16-2)11-6-4-3-5-7-11;/h3-7,12,15H,8-10H2,1-2H3;1H. The lowest BCUT2D eigenvalue weighted by atomic mass is 9.87. The minimum absolute atomic E-state index is 0. The molecule has 0 bridgehead atoms. The summed E-state index contributed by atoms with van der Waals surface area (Å²) in [5.74, 6) is -0.669. The van der Waals surface area contributed by atoms with Gasteiger partial charge in [-0.2, -0.15) is 0 Å². The van der Waals surface area contributed by atoms with Crippen molar-refractivity contribution >= 4 is 12.4 Å². The first-order chi connectivity index (χ1) is 7.63. The van der Waals surface area contributed by atoms with E-state index in [-0.39, 0.29) is 12.4 Å². The van der Waals surface area contributed by atoms with Crippen LogP contribution in [-0.4, -0.2) is 43.0 Å². The zero-order valence-corrected chi connectivity index (χ0v) is 11.1. The molecule has 2 unspecified atom stereocenters. The summed E-state index contributed by atoms with van der Waals surface area (Å²) in [6.45, 7) is 1.54. The van der Waals surface area contributed by atoms with Gasteiger partial charge in [0.05, 0.1) is 6.54 Å². The highest BCUT2D eigenvalue weighted by atomic mass is 35.5. The molecule has 2 rings (SSSR count). The number of nitrogens with zero attached hydrogens (tertiary/aromatic N) is 1. The number of halogens is 1. The van der Waals surface area contributed by atoms with Crippen LogP contribution < -0.4 is 0 Å². The van der Waals surface area contributed by atoms with Gasteiger partial charge in [-0.1, -0.05) is 30.3 Å². The lowest BCUT2D eigenvalue weighted by Gasteiger charge is -2.40. The van der Waals surface area contributed by atoms with Crippen molar-refractivity contribution in [3.05, 3.63) is 35.9 Å². The highest BCUT2D eigenvalue weighted by Crippen LogP contribution is 2.32. The Balaban J connectivity index is 0.00000144. The highest BCUT2D eigenvalue weighted by molar-refractivity contribution is 5.85. The molecule has 4 heteroatoms. The van der Waals surface area contributed by atoms with Crippen molar-refractivity contribution in [1.82, 2.24) is 4.90 Å². The number of β-amino-alcohol motifs (C(OH)–C–C–N with tert-alkyl or cyclic N) is 1. The number of piperidine rings is 1. The van der Waals surface area contributed by atoms with Gasteiger partial charge >= 0.3 is 0 Å². The van der Waals surface area contributed by atoms with Gasteiger partial charge in [-0.05, 0) is 12.6 Å². The Hall–Kier alpha value is -0.610. The number of rotatable bonds is 2. The van der Waals surface area contributed by atoms with Gasteiger partial charge in [-0.15, -0.1) is 12.4 Å². The summed E-state index contributed by atoms with van der Waals surface area (Å²) in [6.07, 6.45) is 0.665. The molecule has 0 saturated carbocycles. The molecule has 1 aliphatic rings. The number of benzene rings is 1. The van der Waals surface area contributed by atoms with Gasteiger partial charge in [-0.3, -0.25) is 0 Å². The van der Waals surface area contributed by atoms with Crippen molar-refractivity contribution in [3.8, 4) is 0 Å². The van der Waals surface area contributed by atoms with E-state index in [0.29, 0.717) is 18.9 Å². The van der Waals surface area contributed by atoms with Crippen LogP contribution in [0, 0.1) is 0 Å². The Labute approximate surface area is 109 Å². The minimum Gasteiger partial charge on any atom is -0.364 e. The minimum atomic E-state index is -1.01. The van der Waals surface area contributed by atoms with E-state index in [2.05, 4.69) is 17.0 Å². The second-order valence-corrected chi connectivity index (χ2v) is 4.66. The first-order valence-electron chi connectivity index (χ1n) is 5.64. The number of likely N-dealkylation sites (N-methyl/N-ethyl adjacent to an activating group) is 1. The van der Waals surface area contributed by atoms with E-state index in [9.17, 15) is 5.11 Å². The smallest absolute Gasteiger partial charge is 0.178 e. The van der Waals surface area contributed by atoms with Crippen molar-refractivity contribution in [2.24, 2.45) is 0 Å². The number of hydrogen-bond acceptors (Lipinski definition) is 3. The Morgan fingerprint density at radius 2 is 2.00 bits per heavy atom. The van der Waals surface area contributed by atoms with Gasteiger partial charge in [0, 0.05) is 26.0 Å². The van der Waals surface area contributed by atoms with E-state index in [1.54, 1.807) is 7.11 Å². The molecule has 2 atom stereocenters. The molecule has 0 aliphatic carbocycles. The normalized spacial score (nSPS) is 29.7. The second-order valence-electron chi connectivity index (χ2n) is 4.66. The van der Waals surface area contributed by atoms with Gasteiger partial charge < -0.3 is 14.7 Å². The van der Waals surface area contributed by atoms with Crippen LogP contribution in [0.25, 0.3) is 0 Å². The summed E-state index contributed by atoms with van der Waals surface area (Å²) in [5.41, 5.74) is 1.27. The van der Waals surface area contributed by atoms with E-state index >= 15 is 0 Å². The third-order valence-corrected chi connectivity index (χ3v) is 3.27. The molecule has 1 aromatic rings. The number of hydrogen-bond donors (Lipinski definition) is 1. The van der Waals surface area contributed by atoms with Gasteiger partial charge in [-0.25, -0.2) is 0 Å². The van der Waals surface area contributed by atoms with E-state index in [0.717, 1.165) is 6.54 Å². The zero-order valence-electron chi connectivity index (χ0n) is 10.3. The monoisotopic (exact) mass is 257 g/mol. The molecule has 17 heavy (non-hydrogen) atoms. The van der Waals surface area contributed by atoms with Crippen LogP contribution in [0.5, 0.6) is 0 Å². The van der Waals surface area contributed by atoms with Crippen LogP contribution in [0.3, 0.4) is 0 Å². The summed E-state index contributed by atoms with van der Waals surface area (Å²) in [4.78, 5) is 2.12. The van der Waals surface area contributed by atoms with E-state index in [1.165, 1.54) is 5.56 Å². The Morgan fingerprint density at radius 1 is 1.35 bits per heavy atom. The van der Waals surface area contributed by atoms with Gasteiger partial charge in [0.15, 0.2) is 5.79 Å². The van der Waals surface area contributed by atoms with Gasteiger partial charge in [0.1, 0.15) is 0 Å². The number of methoxy groups -OCH3 is 1. The fourth-order valence-electron chi connectivity index (χ4n) is 2.47. The number of likely N-dealkylation sites (tertiary alicyclic amines) is 1. The first kappa shape index (κ1) is 14.5. The summed E-state index contributed by atoms with van der Waals surface area (Å²) >= 11 is 0. The molecule has 0 spiro atoms. The Kier molecular flexibility index (Phi) is 4.95. The third-order valence-electron chi connectivity index (χ3n) is 3.27. The van der Waals surface area contributed by atoms with Crippen molar-refractivity contribution in [2.45, 2.75) is 18.1 Å². The molecule has 1 N–H and O–H groups in total. The van der Waals surface area contributed by atoms with Crippen LogP contribution in [0.4, 0.5) is 0 Å². The molecule has 1 saturated heterocycles. The Morgan fingerprint density at radius 3 is 2.59 bits per heavy atom.